The molecule has 33 heavy (non-hydrogen) atoms. The third-order valence-corrected chi connectivity index (χ3v) is 7.08. The van der Waals surface area contributed by atoms with Gasteiger partial charge in [-0.25, -0.2) is 14.2 Å². The second-order valence-corrected chi connectivity index (χ2v) is 9.57. The highest BCUT2D eigenvalue weighted by Crippen LogP contribution is 2.34. The number of H-pyrrole nitrogens is 1. The summed E-state index contributed by atoms with van der Waals surface area (Å²) in [5, 5.41) is 10.4. The average Bonchev–Trinajstić information content (AvgIpc) is 3.07. The van der Waals surface area contributed by atoms with Crippen LogP contribution in [0.2, 0.25) is 15.1 Å². The summed E-state index contributed by atoms with van der Waals surface area (Å²) in [5.41, 5.74) is -0.744. The van der Waals surface area contributed by atoms with Gasteiger partial charge in [0.2, 0.25) is 0 Å². The van der Waals surface area contributed by atoms with Gasteiger partial charge in [0.1, 0.15) is 16.7 Å². The Morgan fingerprint density at radius 2 is 1.79 bits per heavy atom. The van der Waals surface area contributed by atoms with Gasteiger partial charge in [-0.15, -0.1) is 11.3 Å². The normalized spacial score (nSPS) is 12.2. The van der Waals surface area contributed by atoms with Gasteiger partial charge in [0.15, 0.2) is 0 Å². The first-order valence-corrected chi connectivity index (χ1v) is 11.5. The van der Waals surface area contributed by atoms with Crippen molar-refractivity contribution in [2.45, 2.75) is 20.0 Å². The highest BCUT2D eigenvalue weighted by molar-refractivity contribution is 7.15. The maximum absolute atomic E-state index is 13.2. The second kappa shape index (κ2) is 8.87. The maximum Gasteiger partial charge on any atom is 0.346 e. The first-order valence-electron chi connectivity index (χ1n) is 9.52. The van der Waals surface area contributed by atoms with Crippen molar-refractivity contribution in [3.05, 3.63) is 87.6 Å². The quantitative estimate of drug-likeness (QED) is 0.340. The van der Waals surface area contributed by atoms with Crippen molar-refractivity contribution in [2.75, 3.05) is 0 Å². The van der Waals surface area contributed by atoms with E-state index in [9.17, 15) is 19.5 Å². The molecule has 2 heterocycles. The predicted molar refractivity (Wildman–Crippen MR) is 130 cm³/mol. The number of hydrogen-bond acceptors (Lipinski definition) is 5. The topological polar surface area (TPSA) is 101 Å². The number of hydrogen-bond donors (Lipinski definition) is 2. The van der Waals surface area contributed by atoms with Crippen molar-refractivity contribution >= 4 is 63.0 Å². The predicted octanol–water partition coefficient (Wildman–Crippen LogP) is 5.85. The molecule has 0 amide bonds. The van der Waals surface area contributed by atoms with Crippen LogP contribution in [-0.4, -0.2) is 20.6 Å². The molecule has 0 aliphatic heterocycles. The first kappa shape index (κ1) is 23.4. The lowest BCUT2D eigenvalue weighted by Crippen LogP contribution is -2.34. The maximum atomic E-state index is 13.2. The molecule has 0 bridgehead atoms. The van der Waals surface area contributed by atoms with Crippen molar-refractivity contribution in [1.82, 2.24) is 9.55 Å². The second-order valence-electron chi connectivity index (χ2n) is 7.12. The van der Waals surface area contributed by atoms with Gasteiger partial charge in [-0.2, -0.15) is 0 Å². The fraction of sp³-hybridized carbons (Fsp3) is 0.136. The van der Waals surface area contributed by atoms with E-state index in [1.807, 2.05) is 0 Å². The summed E-state index contributed by atoms with van der Waals surface area (Å²) in [5.74, 6) is -0.966. The van der Waals surface area contributed by atoms with Crippen LogP contribution in [0.1, 0.15) is 33.1 Å². The van der Waals surface area contributed by atoms with Crippen LogP contribution < -0.4 is 16.0 Å². The van der Waals surface area contributed by atoms with Gasteiger partial charge in [-0.05, 0) is 38.1 Å². The number of carbonyl (C=O) groups is 1. The molecule has 1 atom stereocenters. The highest BCUT2D eigenvalue weighted by Gasteiger charge is 2.23. The monoisotopic (exact) mass is 524 g/mol. The van der Waals surface area contributed by atoms with Crippen LogP contribution in [0.4, 0.5) is 0 Å². The molecule has 2 N–H and O–H groups in total. The molecule has 0 aliphatic carbocycles. The molecule has 1 unspecified atom stereocenters. The van der Waals surface area contributed by atoms with Gasteiger partial charge in [-0.1, -0.05) is 40.9 Å². The molecule has 0 radical (unpaired) electrons. The van der Waals surface area contributed by atoms with Crippen LogP contribution in [0.3, 0.4) is 0 Å². The summed E-state index contributed by atoms with van der Waals surface area (Å²) in [6, 6.07) is 9.56. The minimum atomic E-state index is -1.26. The van der Waals surface area contributed by atoms with Crippen molar-refractivity contribution < 1.29 is 14.6 Å². The molecule has 2 aromatic carbocycles. The fourth-order valence-corrected chi connectivity index (χ4v) is 5.38. The number of halogens is 3. The number of rotatable bonds is 5. The van der Waals surface area contributed by atoms with E-state index in [0.717, 1.165) is 15.9 Å². The lowest BCUT2D eigenvalue weighted by Gasteiger charge is -2.18. The van der Waals surface area contributed by atoms with E-state index in [2.05, 4.69) is 4.98 Å². The van der Waals surface area contributed by atoms with Crippen LogP contribution in [-0.2, 0) is 0 Å². The molecule has 4 aromatic rings. The number of aromatic carboxylic acids is 1. The van der Waals surface area contributed by atoms with E-state index in [1.165, 1.54) is 12.1 Å². The van der Waals surface area contributed by atoms with Gasteiger partial charge in [0, 0.05) is 26.6 Å². The number of carboxylic acids is 1. The zero-order valence-electron chi connectivity index (χ0n) is 17.1. The van der Waals surface area contributed by atoms with Gasteiger partial charge in [-0.3, -0.25) is 4.79 Å². The molecular formula is C22H15Cl3N2O5S. The summed E-state index contributed by atoms with van der Waals surface area (Å²) in [7, 11) is 0. The Bertz CT molecular complexity index is 1520. The average molecular weight is 526 g/mol. The van der Waals surface area contributed by atoms with E-state index >= 15 is 0 Å². The zero-order valence-corrected chi connectivity index (χ0v) is 20.2. The third-order valence-electron chi connectivity index (χ3n) is 5.01. The Morgan fingerprint density at radius 3 is 2.42 bits per heavy atom. The van der Waals surface area contributed by atoms with Gasteiger partial charge >= 0.3 is 11.7 Å². The molecule has 0 saturated heterocycles. The fourth-order valence-electron chi connectivity index (χ4n) is 3.53. The molecule has 2 aromatic heterocycles. The van der Waals surface area contributed by atoms with Gasteiger partial charge in [0.25, 0.3) is 5.56 Å². The molecule has 11 heteroatoms. The molecule has 4 rings (SSSR count). The first-order chi connectivity index (χ1) is 15.6. The minimum absolute atomic E-state index is 0.0416. The number of aromatic nitrogens is 2. The summed E-state index contributed by atoms with van der Waals surface area (Å²) in [4.78, 5) is 40.6. The summed E-state index contributed by atoms with van der Waals surface area (Å²) < 4.78 is 6.76. The number of nitrogens with one attached hydrogen (secondary N) is 1. The van der Waals surface area contributed by atoms with Crippen LogP contribution in [0.25, 0.3) is 16.6 Å². The smallest absolute Gasteiger partial charge is 0.346 e. The summed E-state index contributed by atoms with van der Waals surface area (Å²) >= 11 is 19.7. The minimum Gasteiger partial charge on any atom is -0.486 e. The molecular weight excluding hydrogens is 511 g/mol. The molecule has 0 saturated carbocycles. The number of aromatic amines is 1. The lowest BCUT2D eigenvalue weighted by atomic mass is 10.1. The molecule has 0 fully saturated rings. The molecule has 0 spiro atoms. The lowest BCUT2D eigenvalue weighted by molar-refractivity contribution is 0.0704. The number of aryl methyl sites for hydroxylation is 1. The third kappa shape index (κ3) is 4.15. The van der Waals surface area contributed by atoms with Gasteiger partial charge in [0.05, 0.1) is 21.6 Å². The van der Waals surface area contributed by atoms with Gasteiger partial charge < -0.3 is 14.8 Å². The van der Waals surface area contributed by atoms with E-state index in [4.69, 9.17) is 39.5 Å². The number of fused-ring (bicyclic) bond motifs is 1. The Labute approximate surface area is 205 Å². The Morgan fingerprint density at radius 1 is 1.12 bits per heavy atom. The standard InChI is InChI=1S/C22H15Cl3N2O5S/c1-9(16-13(24)4-3-5-14(16)25)32-11-6-7-12(23)15(8-11)27-20(28)17-18(26-22(27)31)10(2)33-19(17)21(29)30/h3-9H,1-2H3,(H,26,31)(H,29,30). The van der Waals surface area contributed by atoms with Crippen molar-refractivity contribution in [3.63, 3.8) is 0 Å². The molecule has 170 valence electrons. The van der Waals surface area contributed by atoms with Crippen LogP contribution in [0, 0.1) is 6.92 Å². The van der Waals surface area contributed by atoms with E-state index < -0.39 is 23.3 Å². The zero-order chi connectivity index (χ0) is 24.0. The van der Waals surface area contributed by atoms with Crippen molar-refractivity contribution in [1.29, 1.82) is 0 Å². The Balaban J connectivity index is 1.85. The van der Waals surface area contributed by atoms with E-state index in [1.54, 1.807) is 38.1 Å². The number of ether oxygens (including phenoxy) is 1. The number of thiophene rings is 1. The Hall–Kier alpha value is -2.78. The molecule has 0 aliphatic rings. The van der Waals surface area contributed by atoms with Crippen LogP contribution in [0.15, 0.2) is 46.0 Å². The van der Waals surface area contributed by atoms with E-state index in [-0.39, 0.29) is 26.5 Å². The number of nitrogens with zero attached hydrogens (tertiary/aromatic N) is 1. The highest BCUT2D eigenvalue weighted by atomic mass is 35.5. The van der Waals surface area contributed by atoms with Crippen LogP contribution in [0.5, 0.6) is 5.75 Å². The van der Waals surface area contributed by atoms with Crippen molar-refractivity contribution in [3.8, 4) is 11.4 Å². The Kier molecular flexibility index (Phi) is 6.28. The number of carboxylic acid groups (broad SMARTS) is 1. The largest absolute Gasteiger partial charge is 0.486 e. The summed E-state index contributed by atoms with van der Waals surface area (Å²) in [6.07, 6.45) is -0.559. The summed E-state index contributed by atoms with van der Waals surface area (Å²) in [6.45, 7) is 3.38. The molecule has 7 nitrogen and oxygen atoms in total. The van der Waals surface area contributed by atoms with Crippen LogP contribution >= 0.6 is 46.1 Å². The SMILES string of the molecule is Cc1sc(C(=O)O)c2c(=O)n(-c3cc(OC(C)c4c(Cl)cccc4Cl)ccc3Cl)c(=O)[nH]c12. The number of benzene rings is 2. The van der Waals surface area contributed by atoms with Crippen molar-refractivity contribution in [2.24, 2.45) is 0 Å². The van der Waals surface area contributed by atoms with E-state index in [0.29, 0.717) is 26.2 Å².